The quantitative estimate of drug-likeness (QED) is 0.697. The minimum atomic E-state index is -0.895. The van der Waals surface area contributed by atoms with Crippen molar-refractivity contribution in [2.75, 3.05) is 5.32 Å². The van der Waals surface area contributed by atoms with Crippen LogP contribution >= 0.6 is 0 Å². The smallest absolute Gasteiger partial charge is 0.307 e. The molecule has 1 aromatic heterocycles. The lowest BCUT2D eigenvalue weighted by Crippen LogP contribution is -2.15. The van der Waals surface area contributed by atoms with E-state index in [2.05, 4.69) is 25.9 Å². The molecule has 0 spiro atoms. The zero-order valence-corrected chi connectivity index (χ0v) is 9.83. The molecule has 19 heavy (non-hydrogen) atoms. The lowest BCUT2D eigenvalue weighted by Gasteiger charge is -2.04. The third-order valence-electron chi connectivity index (χ3n) is 2.30. The highest BCUT2D eigenvalue weighted by Gasteiger charge is 2.07. The van der Waals surface area contributed by atoms with E-state index in [0.717, 1.165) is 0 Å². The Morgan fingerprint density at radius 1 is 1.21 bits per heavy atom. The third kappa shape index (κ3) is 3.87. The summed E-state index contributed by atoms with van der Waals surface area (Å²) >= 11 is 0. The minimum absolute atomic E-state index is 0.0212. The Labute approximate surface area is 107 Å². The van der Waals surface area contributed by atoms with Crippen molar-refractivity contribution in [3.63, 3.8) is 0 Å². The Morgan fingerprint density at radius 2 is 1.95 bits per heavy atom. The number of anilines is 1. The van der Waals surface area contributed by atoms with Crippen molar-refractivity contribution in [1.29, 1.82) is 0 Å². The van der Waals surface area contributed by atoms with Gasteiger partial charge >= 0.3 is 5.97 Å². The van der Waals surface area contributed by atoms with Gasteiger partial charge in [0.05, 0.1) is 12.8 Å². The number of H-pyrrole nitrogens is 1. The summed E-state index contributed by atoms with van der Waals surface area (Å²) in [6.07, 6.45) is -0.0233. The third-order valence-corrected chi connectivity index (χ3v) is 2.30. The summed E-state index contributed by atoms with van der Waals surface area (Å²) in [5.74, 6) is -0.860. The fraction of sp³-hybridized carbons (Fsp3) is 0.182. The van der Waals surface area contributed by atoms with Crippen LogP contribution in [0.2, 0.25) is 0 Å². The van der Waals surface area contributed by atoms with Crippen LogP contribution in [0, 0.1) is 0 Å². The summed E-state index contributed by atoms with van der Waals surface area (Å²) in [5.41, 5.74) is 1.26. The number of benzene rings is 1. The number of aliphatic carboxylic acids is 1. The number of hydrogen-bond donors (Lipinski definition) is 3. The highest BCUT2D eigenvalue weighted by Crippen LogP contribution is 2.10. The molecule has 0 fully saturated rings. The van der Waals surface area contributed by atoms with Gasteiger partial charge < -0.3 is 10.4 Å². The number of amides is 1. The van der Waals surface area contributed by atoms with Gasteiger partial charge in [0.25, 0.3) is 0 Å². The first-order valence-corrected chi connectivity index (χ1v) is 5.46. The van der Waals surface area contributed by atoms with Crippen molar-refractivity contribution in [2.45, 2.75) is 12.8 Å². The summed E-state index contributed by atoms with van der Waals surface area (Å²) in [7, 11) is 0. The van der Waals surface area contributed by atoms with E-state index in [-0.39, 0.29) is 18.7 Å². The number of carboxylic acid groups (broad SMARTS) is 1. The number of carbonyl (C=O) groups is 2. The van der Waals surface area contributed by atoms with Crippen molar-refractivity contribution in [2.24, 2.45) is 0 Å². The van der Waals surface area contributed by atoms with Gasteiger partial charge in [-0.1, -0.05) is 17.3 Å². The number of nitrogens with zero attached hydrogens (tertiary/aromatic N) is 3. The summed E-state index contributed by atoms with van der Waals surface area (Å²) in [5, 5.41) is 24.2. The van der Waals surface area contributed by atoms with Gasteiger partial charge in [0, 0.05) is 5.69 Å². The molecule has 0 bridgehead atoms. The number of carboxylic acids is 1. The van der Waals surface area contributed by atoms with Gasteiger partial charge in [-0.05, 0) is 17.7 Å². The molecule has 0 saturated heterocycles. The van der Waals surface area contributed by atoms with Gasteiger partial charge in [0.15, 0.2) is 5.82 Å². The topological polar surface area (TPSA) is 121 Å². The summed E-state index contributed by atoms with van der Waals surface area (Å²) in [6, 6.07) is 6.59. The van der Waals surface area contributed by atoms with E-state index in [9.17, 15) is 9.59 Å². The van der Waals surface area contributed by atoms with Crippen LogP contribution in [0.4, 0.5) is 5.69 Å². The van der Waals surface area contributed by atoms with Gasteiger partial charge in [-0.25, -0.2) is 0 Å². The van der Waals surface area contributed by atoms with Crippen LogP contribution in [0.15, 0.2) is 24.3 Å². The number of tetrazole rings is 1. The van der Waals surface area contributed by atoms with E-state index < -0.39 is 5.97 Å². The number of hydrogen-bond acceptors (Lipinski definition) is 5. The van der Waals surface area contributed by atoms with Crippen molar-refractivity contribution >= 4 is 17.6 Å². The summed E-state index contributed by atoms with van der Waals surface area (Å²) in [6.45, 7) is 0. The second-order valence-electron chi connectivity index (χ2n) is 3.82. The molecule has 2 aromatic rings. The highest BCUT2D eigenvalue weighted by molar-refractivity contribution is 5.91. The van der Waals surface area contributed by atoms with Crippen molar-refractivity contribution in [3.8, 4) is 0 Å². The first-order chi connectivity index (χ1) is 9.13. The monoisotopic (exact) mass is 261 g/mol. The van der Waals surface area contributed by atoms with E-state index in [1.807, 2.05) is 0 Å². The molecule has 0 aliphatic heterocycles. The van der Waals surface area contributed by atoms with E-state index in [1.165, 1.54) is 0 Å². The van der Waals surface area contributed by atoms with Crippen LogP contribution in [-0.4, -0.2) is 37.6 Å². The molecule has 0 radical (unpaired) electrons. The maximum Gasteiger partial charge on any atom is 0.307 e. The number of aromatic nitrogens is 4. The minimum Gasteiger partial charge on any atom is -0.481 e. The molecular formula is C11H11N5O3. The fourth-order valence-corrected chi connectivity index (χ4v) is 1.49. The van der Waals surface area contributed by atoms with E-state index in [0.29, 0.717) is 17.1 Å². The van der Waals surface area contributed by atoms with Crippen LogP contribution in [-0.2, 0) is 22.4 Å². The molecule has 8 heteroatoms. The van der Waals surface area contributed by atoms with E-state index in [1.54, 1.807) is 24.3 Å². The zero-order valence-electron chi connectivity index (χ0n) is 9.83. The highest BCUT2D eigenvalue weighted by atomic mass is 16.4. The Morgan fingerprint density at radius 3 is 2.53 bits per heavy atom. The van der Waals surface area contributed by atoms with Crippen LogP contribution in [0.1, 0.15) is 11.4 Å². The Bertz CT molecular complexity index is 565. The van der Waals surface area contributed by atoms with Crippen molar-refractivity contribution in [1.82, 2.24) is 20.6 Å². The summed E-state index contributed by atoms with van der Waals surface area (Å²) in [4.78, 5) is 22.1. The predicted molar refractivity (Wildman–Crippen MR) is 64.3 cm³/mol. The Hall–Kier alpha value is -2.77. The van der Waals surface area contributed by atoms with Crippen LogP contribution in [0.5, 0.6) is 0 Å². The number of aromatic amines is 1. The van der Waals surface area contributed by atoms with Crippen LogP contribution in [0.3, 0.4) is 0 Å². The van der Waals surface area contributed by atoms with E-state index in [4.69, 9.17) is 5.11 Å². The van der Waals surface area contributed by atoms with Gasteiger partial charge in [0.2, 0.25) is 5.91 Å². The van der Waals surface area contributed by atoms with Crippen molar-refractivity contribution < 1.29 is 14.7 Å². The molecule has 1 aromatic carbocycles. The Balaban J connectivity index is 1.92. The molecular weight excluding hydrogens is 250 g/mol. The Kier molecular flexibility index (Phi) is 3.81. The predicted octanol–water partition coefficient (Wildman–Crippen LogP) is 0.00800. The SMILES string of the molecule is O=C(O)Cc1ccc(NC(=O)Cc2nn[nH]n2)cc1. The van der Waals surface area contributed by atoms with Crippen molar-refractivity contribution in [3.05, 3.63) is 35.7 Å². The number of nitrogens with one attached hydrogen (secondary N) is 2. The number of rotatable bonds is 5. The number of carbonyl (C=O) groups excluding carboxylic acids is 1. The average Bonchev–Trinajstić information content (AvgIpc) is 2.83. The molecule has 1 heterocycles. The normalized spacial score (nSPS) is 10.1. The molecule has 0 aliphatic rings. The van der Waals surface area contributed by atoms with Gasteiger partial charge in [-0.2, -0.15) is 5.21 Å². The maximum atomic E-state index is 11.6. The average molecular weight is 261 g/mol. The van der Waals surface area contributed by atoms with E-state index >= 15 is 0 Å². The van der Waals surface area contributed by atoms with Gasteiger partial charge in [0.1, 0.15) is 0 Å². The first-order valence-electron chi connectivity index (χ1n) is 5.46. The molecule has 0 atom stereocenters. The zero-order chi connectivity index (χ0) is 13.7. The molecule has 0 unspecified atom stereocenters. The first kappa shape index (κ1) is 12.7. The van der Waals surface area contributed by atoms with Gasteiger partial charge in [-0.15, -0.1) is 10.2 Å². The lowest BCUT2D eigenvalue weighted by atomic mass is 10.1. The molecule has 0 aliphatic carbocycles. The lowest BCUT2D eigenvalue weighted by molar-refractivity contribution is -0.136. The second kappa shape index (κ2) is 5.71. The maximum absolute atomic E-state index is 11.6. The molecule has 98 valence electrons. The van der Waals surface area contributed by atoms with Crippen LogP contribution < -0.4 is 5.32 Å². The fourth-order valence-electron chi connectivity index (χ4n) is 1.49. The van der Waals surface area contributed by atoms with Crippen LogP contribution in [0.25, 0.3) is 0 Å². The largest absolute Gasteiger partial charge is 0.481 e. The molecule has 8 nitrogen and oxygen atoms in total. The standard InChI is InChI=1S/C11H11N5O3/c17-10(6-9-13-15-16-14-9)12-8-3-1-7(2-4-8)5-11(18)19/h1-4H,5-6H2,(H,12,17)(H,18,19)(H,13,14,15,16). The molecule has 3 N–H and O–H groups in total. The molecule has 2 rings (SSSR count). The molecule has 1 amide bonds. The molecule has 0 saturated carbocycles. The second-order valence-corrected chi connectivity index (χ2v) is 3.82. The van der Waals surface area contributed by atoms with Gasteiger partial charge in [-0.3, -0.25) is 9.59 Å². The summed E-state index contributed by atoms with van der Waals surface area (Å²) < 4.78 is 0.